The van der Waals surface area contributed by atoms with Gasteiger partial charge in [0, 0.05) is 0 Å². The molecule has 0 aliphatic carbocycles. The lowest BCUT2D eigenvalue weighted by atomic mass is 10.4. The second kappa shape index (κ2) is 3.05. The fourth-order valence-electron chi connectivity index (χ4n) is 0.952. The van der Waals surface area contributed by atoms with E-state index >= 15 is 0 Å². The van der Waals surface area contributed by atoms with Gasteiger partial charge in [-0.15, -0.1) is 0 Å². The lowest BCUT2D eigenvalue weighted by Gasteiger charge is -2.40. The molecule has 0 bridgehead atoms. The fraction of sp³-hybridized carbons (Fsp3) is 0. The minimum atomic E-state index is -9.87. The number of halogens is 6. The lowest BCUT2D eigenvalue weighted by Crippen LogP contribution is -2.13. The Balaban J connectivity index is 3.56. The van der Waals surface area contributed by atoms with E-state index in [1.807, 2.05) is 0 Å². The van der Waals surface area contributed by atoms with Crippen LogP contribution in [-0.2, 0) is 10.0 Å². The summed E-state index contributed by atoms with van der Waals surface area (Å²) in [6, 6.07) is 0.0426. The predicted octanol–water partition coefficient (Wildman–Crippen LogP) is 3.64. The summed E-state index contributed by atoms with van der Waals surface area (Å²) >= 11 is 5.17. The molecular formula is C6H5ClF5NO2S2. The number of primary sulfonamides is 1. The SMILES string of the molecule is NS(=O)(=O)c1ccc(S(F)(F)(F)(F)F)cc1Cl. The first-order valence-electron chi connectivity index (χ1n) is 3.68. The van der Waals surface area contributed by atoms with E-state index in [0.717, 1.165) is 0 Å². The highest BCUT2D eigenvalue weighted by Gasteiger charge is 2.65. The average Bonchev–Trinajstić information content (AvgIpc) is 1.96. The summed E-state index contributed by atoms with van der Waals surface area (Å²) in [6.45, 7) is 0. The summed E-state index contributed by atoms with van der Waals surface area (Å²) in [6.07, 6.45) is 0. The van der Waals surface area contributed by atoms with Crippen LogP contribution in [0.1, 0.15) is 0 Å². The zero-order chi connectivity index (χ0) is 13.8. The summed E-state index contributed by atoms with van der Waals surface area (Å²) in [5, 5.41) is 3.60. The molecule has 0 amide bonds. The quantitative estimate of drug-likeness (QED) is 0.846. The molecule has 0 atom stereocenters. The van der Waals surface area contributed by atoms with Crippen molar-refractivity contribution >= 4 is 31.8 Å². The molecule has 1 aromatic rings. The molecule has 0 aliphatic rings. The zero-order valence-electron chi connectivity index (χ0n) is 7.71. The first-order valence-corrected chi connectivity index (χ1v) is 7.55. The minimum absolute atomic E-state index is 0.0762. The molecule has 0 spiro atoms. The third-order valence-corrected chi connectivity index (χ3v) is 4.19. The van der Waals surface area contributed by atoms with Crippen molar-refractivity contribution in [1.29, 1.82) is 0 Å². The zero-order valence-corrected chi connectivity index (χ0v) is 10.1. The van der Waals surface area contributed by atoms with Crippen LogP contribution < -0.4 is 5.14 Å². The van der Waals surface area contributed by atoms with E-state index in [1.54, 1.807) is 0 Å². The van der Waals surface area contributed by atoms with Crippen molar-refractivity contribution in [2.75, 3.05) is 0 Å². The minimum Gasteiger partial charge on any atom is -0.225 e. The molecule has 2 N–H and O–H groups in total. The Labute approximate surface area is 98.1 Å². The molecule has 3 nitrogen and oxygen atoms in total. The smallest absolute Gasteiger partial charge is 0.225 e. The van der Waals surface area contributed by atoms with Gasteiger partial charge in [0.05, 0.1) is 5.02 Å². The van der Waals surface area contributed by atoms with Crippen molar-refractivity contribution in [3.8, 4) is 0 Å². The monoisotopic (exact) mass is 317 g/mol. The number of hydrogen-bond donors (Lipinski definition) is 1. The summed E-state index contributed by atoms with van der Waals surface area (Å²) in [5.74, 6) is 0. The van der Waals surface area contributed by atoms with Crippen LogP contribution in [0.5, 0.6) is 0 Å². The van der Waals surface area contributed by atoms with Crippen molar-refractivity contribution < 1.29 is 27.8 Å². The molecule has 0 heterocycles. The highest BCUT2D eigenvalue weighted by Crippen LogP contribution is 3.02. The summed E-state index contributed by atoms with van der Waals surface area (Å²) in [7, 11) is -14.2. The van der Waals surface area contributed by atoms with Crippen molar-refractivity contribution in [3.63, 3.8) is 0 Å². The summed E-state index contributed by atoms with van der Waals surface area (Å²) in [4.78, 5) is -3.13. The van der Waals surface area contributed by atoms with Gasteiger partial charge in [-0.3, -0.25) is 0 Å². The molecule has 1 rings (SSSR count). The topological polar surface area (TPSA) is 60.2 Å². The Morgan fingerprint density at radius 2 is 1.59 bits per heavy atom. The maximum atomic E-state index is 12.3. The maximum Gasteiger partial charge on any atom is 0.310 e. The second-order valence-electron chi connectivity index (χ2n) is 3.11. The van der Waals surface area contributed by atoms with Crippen LogP contribution in [0.3, 0.4) is 0 Å². The first kappa shape index (κ1) is 14.5. The molecule has 0 radical (unpaired) electrons. The van der Waals surface area contributed by atoms with E-state index < -0.39 is 35.1 Å². The number of benzene rings is 1. The predicted molar refractivity (Wildman–Crippen MR) is 54.2 cm³/mol. The number of nitrogens with two attached hydrogens (primary N) is 1. The Hall–Kier alpha value is -0.580. The first-order chi connectivity index (χ1) is 7.11. The van der Waals surface area contributed by atoms with E-state index in [4.69, 9.17) is 11.6 Å². The van der Waals surface area contributed by atoms with Gasteiger partial charge in [-0.1, -0.05) is 31.0 Å². The summed E-state index contributed by atoms with van der Waals surface area (Å²) < 4.78 is 83.2. The molecule has 17 heavy (non-hydrogen) atoms. The van der Waals surface area contributed by atoms with Crippen LogP contribution in [0, 0.1) is 0 Å². The number of sulfonamides is 1. The Kier molecular flexibility index (Phi) is 2.60. The maximum absolute atomic E-state index is 12.3. The largest absolute Gasteiger partial charge is 0.310 e. The summed E-state index contributed by atoms with van der Waals surface area (Å²) in [5.41, 5.74) is 0. The van der Waals surface area contributed by atoms with Gasteiger partial charge in [0.25, 0.3) is 0 Å². The average molecular weight is 318 g/mol. The van der Waals surface area contributed by atoms with Crippen molar-refractivity contribution in [3.05, 3.63) is 23.2 Å². The van der Waals surface area contributed by atoms with E-state index in [0.29, 0.717) is 0 Å². The van der Waals surface area contributed by atoms with Crippen molar-refractivity contribution in [2.45, 2.75) is 9.79 Å². The lowest BCUT2D eigenvalue weighted by molar-refractivity contribution is 0.364. The Morgan fingerprint density at radius 1 is 1.12 bits per heavy atom. The van der Waals surface area contributed by atoms with E-state index in [9.17, 15) is 27.8 Å². The molecule has 0 saturated carbocycles. The Morgan fingerprint density at radius 3 is 1.88 bits per heavy atom. The molecule has 0 aromatic heterocycles. The normalized spacial score (nSPS) is 17.4. The highest BCUT2D eigenvalue weighted by atomic mass is 35.5. The van der Waals surface area contributed by atoms with Gasteiger partial charge in [0.2, 0.25) is 10.0 Å². The third kappa shape index (κ3) is 3.44. The van der Waals surface area contributed by atoms with Crippen LogP contribution in [0.4, 0.5) is 19.4 Å². The van der Waals surface area contributed by atoms with Gasteiger partial charge in [0.15, 0.2) is 0 Å². The van der Waals surface area contributed by atoms with Gasteiger partial charge in [-0.2, -0.15) is 0 Å². The van der Waals surface area contributed by atoms with E-state index in [-0.39, 0.29) is 18.2 Å². The van der Waals surface area contributed by atoms with Crippen molar-refractivity contribution in [1.82, 2.24) is 0 Å². The fourth-order valence-corrected chi connectivity index (χ4v) is 2.77. The van der Waals surface area contributed by atoms with Gasteiger partial charge < -0.3 is 0 Å². The highest BCUT2D eigenvalue weighted by molar-refractivity contribution is 8.45. The van der Waals surface area contributed by atoms with Gasteiger partial charge >= 0.3 is 10.2 Å². The molecule has 0 saturated heterocycles. The van der Waals surface area contributed by atoms with Crippen LogP contribution >= 0.6 is 21.8 Å². The molecule has 0 fully saturated rings. The number of hydrogen-bond acceptors (Lipinski definition) is 2. The molecular weight excluding hydrogens is 313 g/mol. The van der Waals surface area contributed by atoms with Gasteiger partial charge in [0.1, 0.15) is 9.79 Å². The van der Waals surface area contributed by atoms with Crippen molar-refractivity contribution in [2.24, 2.45) is 5.14 Å². The van der Waals surface area contributed by atoms with Gasteiger partial charge in [-0.05, 0) is 18.2 Å². The molecule has 1 aromatic carbocycles. The number of rotatable bonds is 2. The van der Waals surface area contributed by atoms with Gasteiger partial charge in [-0.25, -0.2) is 13.6 Å². The molecule has 0 aliphatic heterocycles. The van der Waals surface area contributed by atoms with Crippen LogP contribution in [0.15, 0.2) is 28.0 Å². The Bertz CT molecular complexity index is 582. The molecule has 0 unspecified atom stereocenters. The third-order valence-electron chi connectivity index (χ3n) is 1.66. The molecule has 100 valence electrons. The van der Waals surface area contributed by atoms with E-state index in [2.05, 4.69) is 5.14 Å². The van der Waals surface area contributed by atoms with Crippen LogP contribution in [-0.4, -0.2) is 8.42 Å². The van der Waals surface area contributed by atoms with E-state index in [1.165, 1.54) is 0 Å². The van der Waals surface area contributed by atoms with Crippen LogP contribution in [0.2, 0.25) is 5.02 Å². The second-order valence-corrected chi connectivity index (χ2v) is 7.45. The molecule has 11 heteroatoms. The van der Waals surface area contributed by atoms with Crippen LogP contribution in [0.25, 0.3) is 0 Å². The standard InChI is InChI=1S/C6H5ClF5NO2S2/c7-5-3-4(17(8,9,10,11)12)1-2-6(5)16(13,14)15/h1-3H,(H2,13,14,15).